The summed E-state index contributed by atoms with van der Waals surface area (Å²) >= 11 is 0. The molecule has 1 fully saturated rings. The maximum absolute atomic E-state index is 9.97. The van der Waals surface area contributed by atoms with Gasteiger partial charge in [0.25, 0.3) is 0 Å². The highest BCUT2D eigenvalue weighted by atomic mass is 16.3. The number of aliphatic hydroxyl groups is 1. The lowest BCUT2D eigenvalue weighted by Crippen LogP contribution is -2.27. The van der Waals surface area contributed by atoms with E-state index < -0.39 is 0 Å². The summed E-state index contributed by atoms with van der Waals surface area (Å²) in [5, 5.41) is 9.97. The molecule has 1 N–H and O–H groups in total. The third-order valence-electron chi connectivity index (χ3n) is 5.83. The van der Waals surface area contributed by atoms with E-state index in [9.17, 15) is 5.11 Å². The Bertz CT molecular complexity index is 925. The summed E-state index contributed by atoms with van der Waals surface area (Å²) in [6, 6.07) is 31.8. The van der Waals surface area contributed by atoms with Crippen molar-refractivity contribution in [2.45, 2.75) is 30.8 Å². The molecule has 1 aliphatic rings. The van der Waals surface area contributed by atoms with Crippen LogP contribution in [0.25, 0.3) is 0 Å². The molecule has 0 saturated carbocycles. The number of benzene rings is 3. The maximum atomic E-state index is 9.97. The average Bonchev–Trinajstić information content (AvgIpc) is 3.11. The summed E-state index contributed by atoms with van der Waals surface area (Å²) < 4.78 is 0. The molecule has 0 bridgehead atoms. The van der Waals surface area contributed by atoms with Crippen molar-refractivity contribution < 1.29 is 5.11 Å². The van der Waals surface area contributed by atoms with Gasteiger partial charge in [-0.2, -0.15) is 0 Å². The van der Waals surface area contributed by atoms with Crippen LogP contribution >= 0.6 is 0 Å². The van der Waals surface area contributed by atoms with E-state index in [-0.39, 0.29) is 18.7 Å². The fraction of sp³-hybridized carbons (Fsp3) is 0.269. The fourth-order valence-corrected chi connectivity index (χ4v) is 4.38. The second-order valence-corrected chi connectivity index (χ2v) is 7.76. The quantitative estimate of drug-likeness (QED) is 0.659. The predicted molar refractivity (Wildman–Crippen MR) is 119 cm³/mol. The summed E-state index contributed by atoms with van der Waals surface area (Å²) in [5.41, 5.74) is 3.84. The minimum Gasteiger partial charge on any atom is -0.394 e. The van der Waals surface area contributed by atoms with E-state index in [2.05, 4.69) is 84.7 Å². The number of aliphatic imine (C=N–C) groups is 1. The first-order chi connectivity index (χ1) is 14.3. The first-order valence-corrected chi connectivity index (χ1v) is 10.3. The summed E-state index contributed by atoms with van der Waals surface area (Å²) in [7, 11) is 2.14. The van der Waals surface area contributed by atoms with Crippen LogP contribution in [0.2, 0.25) is 0 Å². The van der Waals surface area contributed by atoms with Crippen LogP contribution in [0.3, 0.4) is 0 Å². The summed E-state index contributed by atoms with van der Waals surface area (Å²) in [6.07, 6.45) is 1.63. The molecule has 0 amide bonds. The Balaban J connectivity index is 1.65. The van der Waals surface area contributed by atoms with Crippen molar-refractivity contribution in [1.82, 2.24) is 4.90 Å². The molecule has 0 aromatic heterocycles. The molecule has 148 valence electrons. The second kappa shape index (κ2) is 9.06. The highest BCUT2D eigenvalue weighted by Crippen LogP contribution is 2.44. The maximum Gasteiger partial charge on any atom is 0.100 e. The molecular formula is C26H28N2O. The molecular weight excluding hydrogens is 356 g/mol. The van der Waals surface area contributed by atoms with Gasteiger partial charge in [0.05, 0.1) is 18.7 Å². The van der Waals surface area contributed by atoms with Crippen LogP contribution in [0.4, 0.5) is 0 Å². The van der Waals surface area contributed by atoms with Crippen molar-refractivity contribution in [3.63, 3.8) is 0 Å². The molecule has 1 heterocycles. The van der Waals surface area contributed by atoms with Gasteiger partial charge in [0, 0.05) is 19.4 Å². The molecule has 3 nitrogen and oxygen atoms in total. The lowest BCUT2D eigenvalue weighted by molar-refractivity contribution is 0.264. The van der Waals surface area contributed by atoms with E-state index in [0.29, 0.717) is 5.92 Å². The third-order valence-corrected chi connectivity index (χ3v) is 5.83. The standard InChI is InChI=1S/C26H28N2O/c1-28-25(27-23(19-29)17-20-11-5-2-6-12-20)18-24(21-13-7-3-8-14-21)26(28)22-15-9-4-10-16-22/h2-16,23-24,26,29H,17-19H2,1H3/b27-25-/t23-,24+,26-/m0/s1. The predicted octanol–water partition coefficient (Wildman–Crippen LogP) is 4.85. The topological polar surface area (TPSA) is 35.8 Å². The Morgan fingerprint density at radius 2 is 1.41 bits per heavy atom. The van der Waals surface area contributed by atoms with Crippen molar-refractivity contribution in [3.8, 4) is 0 Å². The molecule has 0 aliphatic carbocycles. The minimum atomic E-state index is -0.124. The molecule has 1 aliphatic heterocycles. The van der Waals surface area contributed by atoms with Gasteiger partial charge in [0.15, 0.2) is 0 Å². The van der Waals surface area contributed by atoms with Crippen LogP contribution in [0.1, 0.15) is 35.1 Å². The number of likely N-dealkylation sites (tertiary alicyclic amines) is 1. The van der Waals surface area contributed by atoms with Crippen molar-refractivity contribution in [1.29, 1.82) is 0 Å². The smallest absolute Gasteiger partial charge is 0.100 e. The van der Waals surface area contributed by atoms with E-state index in [1.165, 1.54) is 16.7 Å². The van der Waals surface area contributed by atoms with Crippen LogP contribution < -0.4 is 0 Å². The molecule has 0 spiro atoms. The molecule has 4 rings (SSSR count). The number of rotatable bonds is 6. The molecule has 3 heteroatoms. The lowest BCUT2D eigenvalue weighted by atomic mass is 9.87. The van der Waals surface area contributed by atoms with Crippen LogP contribution in [0.5, 0.6) is 0 Å². The molecule has 0 unspecified atom stereocenters. The zero-order chi connectivity index (χ0) is 20.1. The molecule has 1 saturated heterocycles. The molecule has 3 aromatic rings. The summed E-state index contributed by atoms with van der Waals surface area (Å²) in [6.45, 7) is 0.0538. The van der Waals surface area contributed by atoms with Gasteiger partial charge in [0.1, 0.15) is 5.84 Å². The Kier molecular flexibility index (Phi) is 6.06. The lowest BCUT2D eigenvalue weighted by Gasteiger charge is -2.27. The highest BCUT2D eigenvalue weighted by molar-refractivity contribution is 5.86. The van der Waals surface area contributed by atoms with Crippen LogP contribution in [-0.4, -0.2) is 35.5 Å². The fourth-order valence-electron chi connectivity index (χ4n) is 4.38. The minimum absolute atomic E-state index is 0.0538. The van der Waals surface area contributed by atoms with Crippen LogP contribution in [0.15, 0.2) is 96.0 Å². The number of likely N-dealkylation sites (N-methyl/N-ethyl adjacent to an activating group) is 1. The zero-order valence-corrected chi connectivity index (χ0v) is 16.9. The number of hydrogen-bond donors (Lipinski definition) is 1. The van der Waals surface area contributed by atoms with E-state index in [4.69, 9.17) is 4.99 Å². The molecule has 0 radical (unpaired) electrons. The van der Waals surface area contributed by atoms with E-state index in [1.807, 2.05) is 18.2 Å². The largest absolute Gasteiger partial charge is 0.394 e. The van der Waals surface area contributed by atoms with Gasteiger partial charge in [0.2, 0.25) is 0 Å². The third kappa shape index (κ3) is 4.41. The average molecular weight is 385 g/mol. The Labute approximate surface area is 173 Å². The highest BCUT2D eigenvalue weighted by Gasteiger charge is 2.38. The number of amidine groups is 1. The van der Waals surface area contributed by atoms with Gasteiger partial charge >= 0.3 is 0 Å². The van der Waals surface area contributed by atoms with Gasteiger partial charge < -0.3 is 10.0 Å². The Hall–Kier alpha value is -2.91. The van der Waals surface area contributed by atoms with Crippen LogP contribution in [0, 0.1) is 0 Å². The normalized spacial score (nSPS) is 21.4. The van der Waals surface area contributed by atoms with Crippen molar-refractivity contribution in [3.05, 3.63) is 108 Å². The zero-order valence-electron chi connectivity index (χ0n) is 16.9. The number of hydrogen-bond acceptors (Lipinski definition) is 2. The van der Waals surface area contributed by atoms with E-state index in [0.717, 1.165) is 18.7 Å². The van der Waals surface area contributed by atoms with E-state index in [1.54, 1.807) is 0 Å². The van der Waals surface area contributed by atoms with Crippen molar-refractivity contribution in [2.24, 2.45) is 4.99 Å². The SMILES string of the molecule is CN1/C(=N\[C@H](CO)Cc2ccccc2)C[C@H](c2ccccc2)[C@@H]1c1ccccc1. The summed E-state index contributed by atoms with van der Waals surface area (Å²) in [4.78, 5) is 7.32. The first kappa shape index (κ1) is 19.4. The van der Waals surface area contributed by atoms with Crippen molar-refractivity contribution >= 4 is 5.84 Å². The van der Waals surface area contributed by atoms with Gasteiger partial charge in [-0.15, -0.1) is 0 Å². The van der Waals surface area contributed by atoms with Gasteiger partial charge in [-0.05, 0) is 23.1 Å². The van der Waals surface area contributed by atoms with Crippen LogP contribution in [-0.2, 0) is 6.42 Å². The van der Waals surface area contributed by atoms with Crippen molar-refractivity contribution in [2.75, 3.05) is 13.7 Å². The Morgan fingerprint density at radius 3 is 2.00 bits per heavy atom. The molecule has 3 atom stereocenters. The first-order valence-electron chi connectivity index (χ1n) is 10.3. The van der Waals surface area contributed by atoms with E-state index >= 15 is 0 Å². The van der Waals surface area contributed by atoms with Gasteiger partial charge in [-0.25, -0.2) is 0 Å². The summed E-state index contributed by atoms with van der Waals surface area (Å²) in [5.74, 6) is 1.42. The van der Waals surface area contributed by atoms with Gasteiger partial charge in [-0.3, -0.25) is 4.99 Å². The molecule has 3 aromatic carbocycles. The Morgan fingerprint density at radius 1 is 0.862 bits per heavy atom. The number of nitrogens with zero attached hydrogens (tertiary/aromatic N) is 2. The second-order valence-electron chi connectivity index (χ2n) is 7.76. The molecule has 29 heavy (non-hydrogen) atoms. The monoisotopic (exact) mass is 384 g/mol. The number of aliphatic hydroxyl groups excluding tert-OH is 1. The van der Waals surface area contributed by atoms with Gasteiger partial charge in [-0.1, -0.05) is 91.0 Å².